The Hall–Kier alpha value is -0.790. The Bertz CT molecular complexity index is 450. The maximum Gasteiger partial charge on any atom is 0.302 e. The van der Waals surface area contributed by atoms with E-state index >= 15 is 0 Å². The Labute approximate surface area is 116 Å². The van der Waals surface area contributed by atoms with Crippen molar-refractivity contribution in [2.24, 2.45) is 16.7 Å². The zero-order valence-corrected chi connectivity index (χ0v) is 12.7. The molecule has 0 aromatic carbocycles. The third kappa shape index (κ3) is 1.86. The van der Waals surface area contributed by atoms with Crippen LogP contribution in [0, 0.1) is 16.7 Å². The number of hydrogen-bond donors (Lipinski definition) is 0. The smallest absolute Gasteiger partial charge is 0.302 e. The summed E-state index contributed by atoms with van der Waals surface area (Å²) >= 11 is 0. The lowest BCUT2D eigenvalue weighted by Crippen LogP contribution is -2.51. The van der Waals surface area contributed by atoms with Gasteiger partial charge in [0.15, 0.2) is 0 Å². The van der Waals surface area contributed by atoms with Gasteiger partial charge < -0.3 is 4.74 Å². The van der Waals surface area contributed by atoms with Gasteiger partial charge in [0.05, 0.1) is 0 Å². The highest BCUT2D eigenvalue weighted by molar-refractivity contribution is 5.66. The van der Waals surface area contributed by atoms with Gasteiger partial charge in [-0.3, -0.25) is 4.79 Å². The standard InChI is InChI=1S/C17H26O2/c1-11-9-17-8-6-15(19-13(3)18)16(4,10-17)7-5-14(17)12(11)2/h14-15H,5-10H2,1-4H3. The summed E-state index contributed by atoms with van der Waals surface area (Å²) in [7, 11) is 0. The van der Waals surface area contributed by atoms with Crippen molar-refractivity contribution in [1.29, 1.82) is 0 Å². The minimum atomic E-state index is -0.110. The van der Waals surface area contributed by atoms with Crippen LogP contribution in [-0.2, 0) is 9.53 Å². The molecule has 0 saturated heterocycles. The lowest BCUT2D eigenvalue weighted by Gasteiger charge is -2.56. The highest BCUT2D eigenvalue weighted by atomic mass is 16.5. The second-order valence-electron chi connectivity index (χ2n) is 7.56. The van der Waals surface area contributed by atoms with Gasteiger partial charge in [-0.05, 0) is 63.7 Å². The minimum absolute atomic E-state index is 0.110. The Morgan fingerprint density at radius 1 is 1.26 bits per heavy atom. The van der Waals surface area contributed by atoms with E-state index in [1.165, 1.54) is 32.1 Å². The number of carbonyl (C=O) groups excluding carboxylic acids is 1. The molecule has 2 nitrogen and oxygen atoms in total. The Morgan fingerprint density at radius 3 is 2.68 bits per heavy atom. The van der Waals surface area contributed by atoms with E-state index in [1.807, 2.05) is 0 Å². The fourth-order valence-corrected chi connectivity index (χ4v) is 5.42. The van der Waals surface area contributed by atoms with E-state index in [1.54, 1.807) is 18.1 Å². The molecule has 4 atom stereocenters. The van der Waals surface area contributed by atoms with Crippen molar-refractivity contribution in [2.45, 2.75) is 72.3 Å². The fraction of sp³-hybridized carbons (Fsp3) is 0.824. The molecule has 3 rings (SSSR count). The number of rotatable bonds is 1. The molecule has 0 N–H and O–H groups in total. The van der Waals surface area contributed by atoms with Crippen LogP contribution in [0.25, 0.3) is 0 Å². The quantitative estimate of drug-likeness (QED) is 0.522. The van der Waals surface area contributed by atoms with Gasteiger partial charge in [0, 0.05) is 12.3 Å². The molecular weight excluding hydrogens is 236 g/mol. The molecule has 2 bridgehead atoms. The van der Waals surface area contributed by atoms with Crippen LogP contribution in [0.2, 0.25) is 0 Å². The van der Waals surface area contributed by atoms with Gasteiger partial charge in [-0.1, -0.05) is 18.1 Å². The van der Waals surface area contributed by atoms with Crippen LogP contribution < -0.4 is 0 Å². The maximum atomic E-state index is 11.3. The molecule has 0 heterocycles. The molecule has 0 amide bonds. The minimum Gasteiger partial charge on any atom is -0.462 e. The van der Waals surface area contributed by atoms with Gasteiger partial charge in [0.25, 0.3) is 0 Å². The SMILES string of the molecule is CC(=O)OC1CCC23CC(C)=C(C)C2CCC1(C)C3. The predicted molar refractivity (Wildman–Crippen MR) is 75.7 cm³/mol. The first-order valence-electron chi connectivity index (χ1n) is 7.70. The molecular formula is C17H26O2. The number of hydrogen-bond acceptors (Lipinski definition) is 2. The third-order valence-electron chi connectivity index (χ3n) is 6.30. The monoisotopic (exact) mass is 262 g/mol. The summed E-state index contributed by atoms with van der Waals surface area (Å²) in [5.74, 6) is 0.694. The van der Waals surface area contributed by atoms with Gasteiger partial charge in [-0.25, -0.2) is 0 Å². The highest BCUT2D eigenvalue weighted by Gasteiger charge is 2.57. The number of ether oxygens (including phenoxy) is 1. The highest BCUT2D eigenvalue weighted by Crippen LogP contribution is 2.65. The van der Waals surface area contributed by atoms with Crippen LogP contribution in [0.3, 0.4) is 0 Å². The van der Waals surface area contributed by atoms with Crippen LogP contribution in [0.15, 0.2) is 11.1 Å². The van der Waals surface area contributed by atoms with Gasteiger partial charge in [-0.2, -0.15) is 0 Å². The van der Waals surface area contributed by atoms with E-state index in [2.05, 4.69) is 20.8 Å². The maximum absolute atomic E-state index is 11.3. The molecule has 4 unspecified atom stereocenters. The van der Waals surface area contributed by atoms with Crippen LogP contribution in [0.5, 0.6) is 0 Å². The normalized spacial score (nSPS) is 45.1. The molecule has 2 fully saturated rings. The van der Waals surface area contributed by atoms with Crippen molar-refractivity contribution in [1.82, 2.24) is 0 Å². The first-order valence-corrected chi connectivity index (χ1v) is 7.70. The number of esters is 1. The molecule has 19 heavy (non-hydrogen) atoms. The molecule has 2 heteroatoms. The first kappa shape index (κ1) is 13.2. The van der Waals surface area contributed by atoms with Crippen molar-refractivity contribution in [3.05, 3.63) is 11.1 Å². The van der Waals surface area contributed by atoms with E-state index in [-0.39, 0.29) is 17.5 Å². The molecule has 2 saturated carbocycles. The van der Waals surface area contributed by atoms with Crippen molar-refractivity contribution < 1.29 is 9.53 Å². The Balaban J connectivity index is 1.86. The summed E-state index contributed by atoms with van der Waals surface area (Å²) in [5.41, 5.74) is 4.00. The average molecular weight is 262 g/mol. The van der Waals surface area contributed by atoms with Crippen LogP contribution in [0.1, 0.15) is 66.2 Å². The first-order chi connectivity index (χ1) is 8.86. The summed E-state index contributed by atoms with van der Waals surface area (Å²) in [6.07, 6.45) is 7.48. The van der Waals surface area contributed by atoms with Gasteiger partial charge >= 0.3 is 5.97 Å². The summed E-state index contributed by atoms with van der Waals surface area (Å²) in [6.45, 7) is 8.55. The second-order valence-corrected chi connectivity index (χ2v) is 7.56. The largest absolute Gasteiger partial charge is 0.462 e. The van der Waals surface area contributed by atoms with Gasteiger partial charge in [0.2, 0.25) is 0 Å². The average Bonchev–Trinajstić information content (AvgIpc) is 2.54. The second kappa shape index (κ2) is 4.10. The molecule has 106 valence electrons. The van der Waals surface area contributed by atoms with Crippen LogP contribution in [-0.4, -0.2) is 12.1 Å². The molecule has 0 radical (unpaired) electrons. The predicted octanol–water partition coefficient (Wildman–Crippen LogP) is 4.24. The van der Waals surface area contributed by atoms with Crippen molar-refractivity contribution in [3.8, 4) is 0 Å². The third-order valence-corrected chi connectivity index (χ3v) is 6.30. The summed E-state index contributed by atoms with van der Waals surface area (Å²) in [6, 6.07) is 0. The van der Waals surface area contributed by atoms with Gasteiger partial charge in [0.1, 0.15) is 6.10 Å². The Morgan fingerprint density at radius 2 is 2.00 bits per heavy atom. The lowest BCUT2D eigenvalue weighted by atomic mass is 9.50. The van der Waals surface area contributed by atoms with E-state index in [4.69, 9.17) is 4.74 Å². The lowest BCUT2D eigenvalue weighted by molar-refractivity contribution is -0.168. The van der Waals surface area contributed by atoms with Crippen molar-refractivity contribution >= 4 is 5.97 Å². The van der Waals surface area contributed by atoms with Gasteiger partial charge in [-0.15, -0.1) is 0 Å². The molecule has 3 aliphatic rings. The van der Waals surface area contributed by atoms with E-state index in [0.717, 1.165) is 12.3 Å². The van der Waals surface area contributed by atoms with Crippen molar-refractivity contribution in [3.63, 3.8) is 0 Å². The van der Waals surface area contributed by atoms with Crippen LogP contribution in [0.4, 0.5) is 0 Å². The molecule has 0 aliphatic heterocycles. The van der Waals surface area contributed by atoms with Crippen molar-refractivity contribution in [2.75, 3.05) is 0 Å². The zero-order chi connectivity index (χ0) is 13.8. The zero-order valence-electron chi connectivity index (χ0n) is 12.7. The van der Waals surface area contributed by atoms with E-state index in [0.29, 0.717) is 5.41 Å². The number of allylic oxidation sites excluding steroid dienone is 2. The molecule has 1 spiro atoms. The summed E-state index contributed by atoms with van der Waals surface area (Å²) in [5, 5.41) is 0. The topological polar surface area (TPSA) is 26.3 Å². The fourth-order valence-electron chi connectivity index (χ4n) is 5.42. The van der Waals surface area contributed by atoms with Crippen LogP contribution >= 0.6 is 0 Å². The molecule has 3 aliphatic carbocycles. The summed E-state index contributed by atoms with van der Waals surface area (Å²) < 4.78 is 5.63. The number of fused-ring (bicyclic) bond motifs is 1. The van der Waals surface area contributed by atoms with E-state index in [9.17, 15) is 4.79 Å². The number of carbonyl (C=O) groups is 1. The van der Waals surface area contributed by atoms with E-state index < -0.39 is 0 Å². The molecule has 0 aromatic rings. The molecule has 0 aromatic heterocycles. The Kier molecular flexibility index (Phi) is 2.85. The summed E-state index contributed by atoms with van der Waals surface area (Å²) in [4.78, 5) is 11.3.